The number of nitrogens with zero attached hydrogens (tertiary/aromatic N) is 3. The number of sulfonamides is 1. The second kappa shape index (κ2) is 5.34. The number of H-pyrrole nitrogens is 1. The predicted octanol–water partition coefficient (Wildman–Crippen LogP) is 1.20. The molecule has 0 radical (unpaired) electrons. The van der Waals surface area contributed by atoms with Crippen molar-refractivity contribution in [2.24, 2.45) is 0 Å². The number of imidazole rings is 1. The summed E-state index contributed by atoms with van der Waals surface area (Å²) < 4.78 is 27.5. The zero-order valence-electron chi connectivity index (χ0n) is 13.0. The summed E-state index contributed by atoms with van der Waals surface area (Å²) in [5.41, 5.74) is 1.94. The molecule has 0 unspecified atom stereocenters. The number of hydrogen-bond acceptors (Lipinski definition) is 5. The van der Waals surface area contributed by atoms with Gasteiger partial charge in [0.25, 0.3) is 0 Å². The van der Waals surface area contributed by atoms with E-state index in [0.717, 1.165) is 18.5 Å². The van der Waals surface area contributed by atoms with Crippen LogP contribution in [0.15, 0.2) is 16.9 Å². The molecule has 3 heterocycles. The largest absolute Gasteiger partial charge is 0.306 e. The number of aryl methyl sites for hydroxylation is 2. The highest BCUT2D eigenvalue weighted by Crippen LogP contribution is 2.25. The molecule has 0 bridgehead atoms. The average Bonchev–Trinajstić information content (AvgIpc) is 2.76. The molecule has 0 atom stereocenters. The number of anilines is 1. The summed E-state index contributed by atoms with van der Waals surface area (Å²) in [6, 6.07) is 2.92. The van der Waals surface area contributed by atoms with Crippen molar-refractivity contribution >= 4 is 32.5 Å². The molecule has 0 aliphatic rings. The van der Waals surface area contributed by atoms with Crippen LogP contribution in [0.5, 0.6) is 0 Å². The molecule has 3 rings (SSSR count). The number of nitrogens with one attached hydrogen (secondary N) is 2. The highest BCUT2D eigenvalue weighted by Gasteiger charge is 2.18. The molecule has 0 saturated carbocycles. The first-order valence-corrected chi connectivity index (χ1v) is 9.08. The van der Waals surface area contributed by atoms with E-state index in [1.807, 2.05) is 6.92 Å². The van der Waals surface area contributed by atoms with Crippen molar-refractivity contribution in [3.05, 3.63) is 34.0 Å². The van der Waals surface area contributed by atoms with E-state index < -0.39 is 10.0 Å². The maximum Gasteiger partial charge on any atom is 0.249 e. The van der Waals surface area contributed by atoms with Crippen LogP contribution < -0.4 is 10.3 Å². The molecule has 0 amide bonds. The van der Waals surface area contributed by atoms with Crippen LogP contribution in [0, 0.1) is 6.92 Å². The number of rotatable bonds is 4. The lowest BCUT2D eigenvalue weighted by Crippen LogP contribution is -2.14. The van der Waals surface area contributed by atoms with Crippen molar-refractivity contribution in [1.29, 1.82) is 0 Å². The van der Waals surface area contributed by atoms with Gasteiger partial charge in [-0.05, 0) is 19.4 Å². The minimum absolute atomic E-state index is 0.208. The number of pyridine rings is 1. The summed E-state index contributed by atoms with van der Waals surface area (Å²) in [6.07, 6.45) is 2.64. The fraction of sp³-hybridized carbons (Fsp3) is 0.357. The Balaban J connectivity index is 2.49. The van der Waals surface area contributed by atoms with Crippen LogP contribution in [-0.2, 0) is 16.4 Å². The molecule has 2 N–H and O–H groups in total. The first kappa shape index (κ1) is 15.5. The first-order chi connectivity index (χ1) is 10.8. The van der Waals surface area contributed by atoms with Crippen LogP contribution in [0.2, 0.25) is 0 Å². The van der Waals surface area contributed by atoms with Gasteiger partial charge in [0.2, 0.25) is 15.6 Å². The van der Waals surface area contributed by atoms with Crippen LogP contribution in [-0.4, -0.2) is 34.0 Å². The zero-order chi connectivity index (χ0) is 16.8. The quantitative estimate of drug-likeness (QED) is 0.744. The van der Waals surface area contributed by atoms with Gasteiger partial charge in [0.05, 0.1) is 11.9 Å². The Hall–Kier alpha value is -2.42. The third-order valence-corrected chi connectivity index (χ3v) is 4.00. The van der Waals surface area contributed by atoms with Gasteiger partial charge < -0.3 is 4.98 Å². The molecule has 122 valence electrons. The monoisotopic (exact) mass is 335 g/mol. The normalized spacial score (nSPS) is 12.1. The Bertz CT molecular complexity index is 1070. The maximum atomic E-state index is 11.7. The lowest BCUT2D eigenvalue weighted by molar-refractivity contribution is 0.606. The van der Waals surface area contributed by atoms with Crippen LogP contribution in [0.1, 0.15) is 24.9 Å². The molecular formula is C14H17N5O3S. The van der Waals surface area contributed by atoms with Gasteiger partial charge in [-0.3, -0.25) is 13.9 Å². The molecule has 0 spiro atoms. The van der Waals surface area contributed by atoms with Gasteiger partial charge in [0.15, 0.2) is 5.82 Å². The Morgan fingerprint density at radius 3 is 2.70 bits per heavy atom. The molecule has 0 aliphatic carbocycles. The van der Waals surface area contributed by atoms with E-state index in [0.29, 0.717) is 28.8 Å². The Kier molecular flexibility index (Phi) is 3.59. The van der Waals surface area contributed by atoms with Crippen molar-refractivity contribution in [1.82, 2.24) is 19.4 Å². The maximum absolute atomic E-state index is 11.7. The third-order valence-electron chi connectivity index (χ3n) is 3.43. The van der Waals surface area contributed by atoms with E-state index >= 15 is 0 Å². The van der Waals surface area contributed by atoms with Gasteiger partial charge in [-0.1, -0.05) is 6.92 Å². The highest BCUT2D eigenvalue weighted by atomic mass is 32.2. The molecule has 0 aliphatic heterocycles. The summed E-state index contributed by atoms with van der Waals surface area (Å²) in [6.45, 7) is 3.81. The summed E-state index contributed by atoms with van der Waals surface area (Å²) in [7, 11) is -3.49. The third kappa shape index (κ3) is 2.79. The Labute approximate surface area is 132 Å². The Morgan fingerprint density at radius 2 is 2.04 bits per heavy atom. The molecule has 9 heteroatoms. The van der Waals surface area contributed by atoms with Gasteiger partial charge >= 0.3 is 0 Å². The summed E-state index contributed by atoms with van der Waals surface area (Å²) >= 11 is 0. The second-order valence-corrected chi connectivity index (χ2v) is 7.19. The van der Waals surface area contributed by atoms with E-state index in [4.69, 9.17) is 0 Å². The average molecular weight is 335 g/mol. The molecule has 0 aromatic carbocycles. The van der Waals surface area contributed by atoms with E-state index in [-0.39, 0.29) is 11.4 Å². The van der Waals surface area contributed by atoms with Crippen molar-refractivity contribution in [2.45, 2.75) is 26.7 Å². The standard InChI is InChI=1S/C14H17N5O3S/c1-4-5-10-15-8(2)12-13(18-23(3,21)22)16-9-6-7-11(20)17-14(9)19(10)12/h6-7H,4-5H2,1-3H3,(H,16,18)(H,17,20). The van der Waals surface area contributed by atoms with Gasteiger partial charge in [0, 0.05) is 12.5 Å². The minimum Gasteiger partial charge on any atom is -0.306 e. The van der Waals surface area contributed by atoms with Gasteiger partial charge in [-0.15, -0.1) is 0 Å². The number of fused-ring (bicyclic) bond motifs is 3. The fourth-order valence-electron chi connectivity index (χ4n) is 2.63. The molecule has 0 saturated heterocycles. The second-order valence-electron chi connectivity index (χ2n) is 5.44. The molecule has 3 aromatic heterocycles. The molecule has 8 nitrogen and oxygen atoms in total. The van der Waals surface area contributed by atoms with Crippen LogP contribution in [0.25, 0.3) is 16.7 Å². The SMILES string of the molecule is CCCc1nc(C)c2c(NS(C)(=O)=O)nc3ccc(=O)[nH]c3n12. The highest BCUT2D eigenvalue weighted by molar-refractivity contribution is 7.92. The van der Waals surface area contributed by atoms with Crippen molar-refractivity contribution in [3.63, 3.8) is 0 Å². The number of hydrogen-bond donors (Lipinski definition) is 2. The lowest BCUT2D eigenvalue weighted by Gasteiger charge is -2.10. The van der Waals surface area contributed by atoms with E-state index in [1.165, 1.54) is 6.07 Å². The topological polar surface area (TPSA) is 109 Å². The van der Waals surface area contributed by atoms with Gasteiger partial charge in [-0.2, -0.15) is 0 Å². The number of aromatic nitrogens is 4. The summed E-state index contributed by atoms with van der Waals surface area (Å²) in [5, 5.41) is 0. The Morgan fingerprint density at radius 1 is 1.30 bits per heavy atom. The van der Waals surface area contributed by atoms with E-state index in [9.17, 15) is 13.2 Å². The van der Waals surface area contributed by atoms with Crippen LogP contribution in [0.4, 0.5) is 5.82 Å². The fourth-order valence-corrected chi connectivity index (χ4v) is 3.13. The van der Waals surface area contributed by atoms with Crippen LogP contribution in [0.3, 0.4) is 0 Å². The summed E-state index contributed by atoms with van der Waals surface area (Å²) in [5.74, 6) is 0.963. The van der Waals surface area contributed by atoms with Gasteiger partial charge in [0.1, 0.15) is 22.5 Å². The molecule has 23 heavy (non-hydrogen) atoms. The predicted molar refractivity (Wildman–Crippen MR) is 88.3 cm³/mol. The van der Waals surface area contributed by atoms with Gasteiger partial charge in [-0.25, -0.2) is 18.4 Å². The van der Waals surface area contributed by atoms with Crippen molar-refractivity contribution in [2.75, 3.05) is 11.0 Å². The smallest absolute Gasteiger partial charge is 0.249 e. The van der Waals surface area contributed by atoms with Crippen LogP contribution >= 0.6 is 0 Å². The van der Waals surface area contributed by atoms with E-state index in [2.05, 4.69) is 19.7 Å². The number of aromatic amines is 1. The zero-order valence-corrected chi connectivity index (χ0v) is 13.9. The van der Waals surface area contributed by atoms with Crippen molar-refractivity contribution < 1.29 is 8.42 Å². The molecular weight excluding hydrogens is 318 g/mol. The lowest BCUT2D eigenvalue weighted by atomic mass is 10.3. The van der Waals surface area contributed by atoms with E-state index in [1.54, 1.807) is 17.4 Å². The minimum atomic E-state index is -3.49. The molecule has 3 aromatic rings. The molecule has 0 fully saturated rings. The first-order valence-electron chi connectivity index (χ1n) is 7.19. The van der Waals surface area contributed by atoms with Crippen molar-refractivity contribution in [3.8, 4) is 0 Å². The summed E-state index contributed by atoms with van der Waals surface area (Å²) in [4.78, 5) is 23.3.